The van der Waals surface area contributed by atoms with Crippen molar-refractivity contribution in [1.82, 2.24) is 20.3 Å². The second-order valence-electron chi connectivity index (χ2n) is 6.27. The molecule has 1 aliphatic carbocycles. The lowest BCUT2D eigenvalue weighted by molar-refractivity contribution is -0.117. The maximum Gasteiger partial charge on any atom is 0.232 e. The molecule has 1 N–H and O–H groups in total. The van der Waals surface area contributed by atoms with E-state index in [2.05, 4.69) is 20.3 Å². The quantitative estimate of drug-likeness (QED) is 0.933. The number of amides is 1. The van der Waals surface area contributed by atoms with Gasteiger partial charge in [-0.2, -0.15) is 10.1 Å². The zero-order chi connectivity index (χ0) is 14.9. The highest BCUT2D eigenvalue weighted by molar-refractivity contribution is 5.96. The number of nitrogens with zero attached hydrogens (tertiary/aromatic N) is 4. The van der Waals surface area contributed by atoms with Gasteiger partial charge in [0.05, 0.1) is 17.8 Å². The van der Waals surface area contributed by atoms with Gasteiger partial charge < -0.3 is 9.42 Å². The normalized spacial score (nSPS) is 22.8. The molecule has 2 fully saturated rings. The zero-order valence-corrected chi connectivity index (χ0v) is 12.4. The van der Waals surface area contributed by atoms with E-state index >= 15 is 0 Å². The molecule has 1 unspecified atom stereocenters. The van der Waals surface area contributed by atoms with Crippen molar-refractivity contribution >= 4 is 11.6 Å². The minimum Gasteiger partial charge on any atom is -0.339 e. The molecule has 0 aromatic carbocycles. The third-order valence-corrected chi connectivity index (χ3v) is 4.70. The van der Waals surface area contributed by atoms with Gasteiger partial charge in [-0.05, 0) is 5.92 Å². The van der Waals surface area contributed by atoms with Gasteiger partial charge in [-0.25, -0.2) is 0 Å². The van der Waals surface area contributed by atoms with Crippen LogP contribution in [0.2, 0.25) is 0 Å². The molecule has 2 aromatic rings. The predicted octanol–water partition coefficient (Wildman–Crippen LogP) is 2.05. The van der Waals surface area contributed by atoms with Gasteiger partial charge in [0.2, 0.25) is 11.8 Å². The number of hydrogen-bond acceptors (Lipinski definition) is 5. The van der Waals surface area contributed by atoms with Crippen molar-refractivity contribution in [3.05, 3.63) is 24.1 Å². The van der Waals surface area contributed by atoms with Crippen LogP contribution in [0, 0.1) is 5.92 Å². The molecule has 1 saturated carbocycles. The molecule has 3 heterocycles. The Morgan fingerprint density at radius 3 is 3.00 bits per heavy atom. The Morgan fingerprint density at radius 1 is 1.36 bits per heavy atom. The average Bonchev–Trinajstić information content (AvgIpc) is 3.26. The predicted molar refractivity (Wildman–Crippen MR) is 78.3 cm³/mol. The molecule has 1 saturated heterocycles. The highest BCUT2D eigenvalue weighted by atomic mass is 16.5. The first-order valence-electron chi connectivity index (χ1n) is 7.91. The van der Waals surface area contributed by atoms with Gasteiger partial charge in [0.25, 0.3) is 0 Å². The van der Waals surface area contributed by atoms with Crippen LogP contribution < -0.4 is 4.90 Å². The van der Waals surface area contributed by atoms with E-state index in [-0.39, 0.29) is 11.8 Å². The fourth-order valence-corrected chi connectivity index (χ4v) is 3.50. The summed E-state index contributed by atoms with van der Waals surface area (Å²) in [5.74, 6) is 2.12. The van der Waals surface area contributed by atoms with E-state index in [1.807, 2.05) is 0 Å². The molecule has 7 heteroatoms. The van der Waals surface area contributed by atoms with Gasteiger partial charge in [-0.1, -0.05) is 30.8 Å². The van der Waals surface area contributed by atoms with Crippen molar-refractivity contribution in [2.24, 2.45) is 5.92 Å². The number of aromatic nitrogens is 4. The third kappa shape index (κ3) is 2.51. The lowest BCUT2D eigenvalue weighted by Gasteiger charge is -2.12. The second-order valence-corrected chi connectivity index (χ2v) is 6.27. The number of carbonyl (C=O) groups excluding carboxylic acids is 1. The van der Waals surface area contributed by atoms with Gasteiger partial charge in [0.1, 0.15) is 0 Å². The minimum atomic E-state index is -0.0211. The Labute approximate surface area is 128 Å². The topological polar surface area (TPSA) is 87.9 Å². The van der Waals surface area contributed by atoms with Crippen LogP contribution in [-0.4, -0.2) is 32.8 Å². The molecule has 22 heavy (non-hydrogen) atoms. The van der Waals surface area contributed by atoms with Gasteiger partial charge in [0.15, 0.2) is 5.82 Å². The number of aromatic amines is 1. The largest absolute Gasteiger partial charge is 0.339 e. The second kappa shape index (κ2) is 5.55. The monoisotopic (exact) mass is 301 g/mol. The number of carbonyl (C=O) groups is 1. The maximum atomic E-state index is 12.1. The fraction of sp³-hybridized carbons (Fsp3) is 0.600. The van der Waals surface area contributed by atoms with E-state index in [1.54, 1.807) is 17.3 Å². The Hall–Kier alpha value is -2.18. The van der Waals surface area contributed by atoms with Crippen LogP contribution in [0.1, 0.15) is 49.7 Å². The molecular formula is C15H19N5O2. The van der Waals surface area contributed by atoms with E-state index in [4.69, 9.17) is 4.52 Å². The Kier molecular flexibility index (Phi) is 3.40. The SMILES string of the molecule is O=C1CC(c2nc(CC3CCCC3)no2)CN1c1cn[nH]c1. The summed E-state index contributed by atoms with van der Waals surface area (Å²) in [4.78, 5) is 18.4. The van der Waals surface area contributed by atoms with Crippen LogP contribution in [0.5, 0.6) is 0 Å². The number of anilines is 1. The number of nitrogens with one attached hydrogen (secondary N) is 1. The van der Waals surface area contributed by atoms with Crippen molar-refractivity contribution in [1.29, 1.82) is 0 Å². The summed E-state index contributed by atoms with van der Waals surface area (Å²) >= 11 is 0. The third-order valence-electron chi connectivity index (χ3n) is 4.70. The number of hydrogen-bond donors (Lipinski definition) is 1. The van der Waals surface area contributed by atoms with Gasteiger partial charge in [0, 0.05) is 25.6 Å². The van der Waals surface area contributed by atoms with Crippen LogP contribution in [-0.2, 0) is 11.2 Å². The maximum absolute atomic E-state index is 12.1. The van der Waals surface area contributed by atoms with E-state index in [1.165, 1.54) is 25.7 Å². The van der Waals surface area contributed by atoms with Gasteiger partial charge in [-0.3, -0.25) is 9.89 Å². The number of H-pyrrole nitrogens is 1. The summed E-state index contributed by atoms with van der Waals surface area (Å²) in [6.45, 7) is 0.573. The van der Waals surface area contributed by atoms with Crippen molar-refractivity contribution < 1.29 is 9.32 Å². The first kappa shape index (κ1) is 13.5. The average molecular weight is 301 g/mol. The molecule has 0 radical (unpaired) electrons. The summed E-state index contributed by atoms with van der Waals surface area (Å²) in [6, 6.07) is 0. The lowest BCUT2D eigenvalue weighted by Crippen LogP contribution is -2.23. The highest BCUT2D eigenvalue weighted by Gasteiger charge is 2.35. The summed E-state index contributed by atoms with van der Waals surface area (Å²) in [5.41, 5.74) is 0.790. The van der Waals surface area contributed by atoms with Crippen LogP contribution in [0.25, 0.3) is 0 Å². The molecule has 1 aliphatic heterocycles. The Balaban J connectivity index is 1.44. The summed E-state index contributed by atoms with van der Waals surface area (Å²) < 4.78 is 5.41. The molecule has 116 valence electrons. The molecule has 1 atom stereocenters. The molecule has 4 rings (SSSR count). The van der Waals surface area contributed by atoms with Crippen molar-refractivity contribution in [2.75, 3.05) is 11.4 Å². The Morgan fingerprint density at radius 2 is 2.23 bits per heavy atom. The van der Waals surface area contributed by atoms with E-state index in [0.717, 1.165) is 17.9 Å². The van der Waals surface area contributed by atoms with Crippen LogP contribution in [0.4, 0.5) is 5.69 Å². The van der Waals surface area contributed by atoms with Crippen LogP contribution in [0.3, 0.4) is 0 Å². The van der Waals surface area contributed by atoms with Gasteiger partial charge >= 0.3 is 0 Å². The van der Waals surface area contributed by atoms with Crippen molar-refractivity contribution in [3.63, 3.8) is 0 Å². The smallest absolute Gasteiger partial charge is 0.232 e. The highest BCUT2D eigenvalue weighted by Crippen LogP contribution is 2.31. The van der Waals surface area contributed by atoms with Crippen LogP contribution in [0.15, 0.2) is 16.9 Å². The minimum absolute atomic E-state index is 0.0211. The molecule has 2 aliphatic rings. The van der Waals surface area contributed by atoms with E-state index in [9.17, 15) is 4.79 Å². The van der Waals surface area contributed by atoms with Crippen LogP contribution >= 0.6 is 0 Å². The van der Waals surface area contributed by atoms with E-state index in [0.29, 0.717) is 24.8 Å². The van der Waals surface area contributed by atoms with Crippen molar-refractivity contribution in [3.8, 4) is 0 Å². The zero-order valence-electron chi connectivity index (χ0n) is 12.4. The number of rotatable bonds is 4. The van der Waals surface area contributed by atoms with Crippen molar-refractivity contribution in [2.45, 2.75) is 44.4 Å². The standard InChI is InChI=1S/C15H19N5O2/c21-14-6-11(9-20(14)12-7-16-17-8-12)15-18-13(19-22-15)5-10-3-1-2-4-10/h7-8,10-11H,1-6,9H2,(H,16,17). The molecule has 0 spiro atoms. The molecule has 1 amide bonds. The first-order valence-corrected chi connectivity index (χ1v) is 7.91. The Bertz CT molecular complexity index is 645. The van der Waals surface area contributed by atoms with Gasteiger partial charge in [-0.15, -0.1) is 0 Å². The summed E-state index contributed by atoms with van der Waals surface area (Å²) in [6.07, 6.45) is 9.84. The molecule has 0 bridgehead atoms. The summed E-state index contributed by atoms with van der Waals surface area (Å²) in [7, 11) is 0. The lowest BCUT2D eigenvalue weighted by atomic mass is 10.0. The first-order chi connectivity index (χ1) is 10.8. The summed E-state index contributed by atoms with van der Waals surface area (Å²) in [5, 5.41) is 10.7. The molecular weight excluding hydrogens is 282 g/mol. The van der Waals surface area contributed by atoms with E-state index < -0.39 is 0 Å². The molecule has 7 nitrogen and oxygen atoms in total. The molecule has 2 aromatic heterocycles. The fourth-order valence-electron chi connectivity index (χ4n) is 3.50.